The minimum Gasteiger partial charge on any atom is -0.392 e. The van der Waals surface area contributed by atoms with Crippen LogP contribution in [0.1, 0.15) is 32.1 Å². The normalized spacial score (nSPS) is 19.1. The third-order valence-electron chi connectivity index (χ3n) is 2.85. The number of aliphatic hydroxyl groups excluding tert-OH is 2. The number of nitrogens with two attached hydrogens (primary N) is 1. The fourth-order valence-electron chi connectivity index (χ4n) is 2.01. The van der Waals surface area contributed by atoms with Crippen LogP contribution in [0.25, 0.3) is 0 Å². The van der Waals surface area contributed by atoms with E-state index in [4.69, 9.17) is 5.73 Å². The Labute approximate surface area is 100 Å². The van der Waals surface area contributed by atoms with E-state index in [0.29, 0.717) is 0 Å². The molecule has 2 amide bonds. The second-order valence-electron chi connectivity index (χ2n) is 4.51. The van der Waals surface area contributed by atoms with E-state index in [1.165, 1.54) is 0 Å². The second kappa shape index (κ2) is 6.56. The zero-order valence-electron chi connectivity index (χ0n) is 9.84. The number of aliphatic hydroxyl groups is 2. The van der Waals surface area contributed by atoms with Gasteiger partial charge in [-0.15, -0.1) is 0 Å². The SMILES string of the molecule is NC(=O)C[C@H](O)C[C@@H](O)CC(=O)N1CCCC1. The van der Waals surface area contributed by atoms with Crippen molar-refractivity contribution in [2.75, 3.05) is 13.1 Å². The van der Waals surface area contributed by atoms with Crippen molar-refractivity contribution < 1.29 is 19.8 Å². The lowest BCUT2D eigenvalue weighted by Crippen LogP contribution is -2.32. The molecule has 1 rings (SSSR count). The Hall–Kier alpha value is -1.14. The predicted molar refractivity (Wildman–Crippen MR) is 60.9 cm³/mol. The number of likely N-dealkylation sites (tertiary alicyclic amines) is 1. The number of carbonyl (C=O) groups is 2. The van der Waals surface area contributed by atoms with Gasteiger partial charge in [0.05, 0.1) is 25.0 Å². The molecule has 0 unspecified atom stereocenters. The molecule has 1 heterocycles. The quantitative estimate of drug-likeness (QED) is 0.556. The molecule has 98 valence electrons. The Balaban J connectivity index is 2.25. The van der Waals surface area contributed by atoms with Gasteiger partial charge >= 0.3 is 0 Å². The van der Waals surface area contributed by atoms with E-state index in [0.717, 1.165) is 25.9 Å². The van der Waals surface area contributed by atoms with Gasteiger partial charge in [0.25, 0.3) is 0 Å². The monoisotopic (exact) mass is 244 g/mol. The molecule has 2 atom stereocenters. The van der Waals surface area contributed by atoms with E-state index in [-0.39, 0.29) is 25.2 Å². The number of amides is 2. The summed E-state index contributed by atoms with van der Waals surface area (Å²) in [7, 11) is 0. The van der Waals surface area contributed by atoms with Crippen molar-refractivity contribution >= 4 is 11.8 Å². The van der Waals surface area contributed by atoms with Crippen molar-refractivity contribution in [3.8, 4) is 0 Å². The third-order valence-corrected chi connectivity index (χ3v) is 2.85. The number of rotatable bonds is 6. The molecule has 0 saturated carbocycles. The van der Waals surface area contributed by atoms with Crippen LogP contribution in [0.4, 0.5) is 0 Å². The number of hydrogen-bond donors (Lipinski definition) is 3. The summed E-state index contributed by atoms with van der Waals surface area (Å²) in [6, 6.07) is 0. The fraction of sp³-hybridized carbons (Fsp3) is 0.818. The fourth-order valence-corrected chi connectivity index (χ4v) is 2.01. The van der Waals surface area contributed by atoms with Gasteiger partial charge in [-0.3, -0.25) is 9.59 Å². The molecule has 1 aliphatic heterocycles. The highest BCUT2D eigenvalue weighted by molar-refractivity contribution is 5.77. The lowest BCUT2D eigenvalue weighted by molar-refractivity contribution is -0.132. The van der Waals surface area contributed by atoms with E-state index in [9.17, 15) is 19.8 Å². The molecule has 0 aromatic rings. The minimum absolute atomic E-state index is 0.00250. The molecule has 6 nitrogen and oxygen atoms in total. The van der Waals surface area contributed by atoms with Crippen LogP contribution in [0.5, 0.6) is 0 Å². The minimum atomic E-state index is -0.978. The summed E-state index contributed by atoms with van der Waals surface area (Å²) in [6.07, 6.45) is -0.0719. The van der Waals surface area contributed by atoms with E-state index in [2.05, 4.69) is 0 Å². The van der Waals surface area contributed by atoms with Crippen LogP contribution in [0, 0.1) is 0 Å². The Kier molecular flexibility index (Phi) is 5.37. The van der Waals surface area contributed by atoms with Crippen LogP contribution in [0.3, 0.4) is 0 Å². The summed E-state index contributed by atoms with van der Waals surface area (Å²) < 4.78 is 0. The van der Waals surface area contributed by atoms with Crippen molar-refractivity contribution in [2.24, 2.45) is 5.73 Å². The van der Waals surface area contributed by atoms with Crippen LogP contribution in [0.2, 0.25) is 0 Å². The van der Waals surface area contributed by atoms with E-state index in [1.807, 2.05) is 0 Å². The van der Waals surface area contributed by atoms with Crippen molar-refractivity contribution in [3.05, 3.63) is 0 Å². The van der Waals surface area contributed by atoms with Crippen LogP contribution < -0.4 is 5.73 Å². The Morgan fingerprint density at radius 2 is 1.65 bits per heavy atom. The standard InChI is InChI=1S/C11H20N2O4/c12-10(16)6-8(14)5-9(15)7-11(17)13-3-1-2-4-13/h8-9,14-15H,1-7H2,(H2,12,16)/t8-,9-/m1/s1. The van der Waals surface area contributed by atoms with Gasteiger partial charge in [0.1, 0.15) is 0 Å². The van der Waals surface area contributed by atoms with Crippen LogP contribution in [0.15, 0.2) is 0 Å². The van der Waals surface area contributed by atoms with Crippen molar-refractivity contribution in [1.82, 2.24) is 4.90 Å². The molecule has 0 bridgehead atoms. The summed E-state index contributed by atoms with van der Waals surface area (Å²) in [5.41, 5.74) is 4.91. The van der Waals surface area contributed by atoms with E-state index in [1.54, 1.807) is 4.90 Å². The van der Waals surface area contributed by atoms with Gasteiger partial charge in [-0.05, 0) is 12.8 Å². The van der Waals surface area contributed by atoms with Crippen LogP contribution >= 0.6 is 0 Å². The summed E-state index contributed by atoms with van der Waals surface area (Å²) in [5, 5.41) is 19.0. The van der Waals surface area contributed by atoms with Gasteiger partial charge in [-0.1, -0.05) is 0 Å². The molecule has 0 aromatic heterocycles. The highest BCUT2D eigenvalue weighted by atomic mass is 16.3. The lowest BCUT2D eigenvalue weighted by Gasteiger charge is -2.19. The Morgan fingerprint density at radius 1 is 1.12 bits per heavy atom. The van der Waals surface area contributed by atoms with Gasteiger partial charge in [-0.2, -0.15) is 0 Å². The lowest BCUT2D eigenvalue weighted by atomic mass is 10.1. The summed E-state index contributed by atoms with van der Waals surface area (Å²) in [4.78, 5) is 23.9. The number of carbonyl (C=O) groups excluding carboxylic acids is 2. The highest BCUT2D eigenvalue weighted by Crippen LogP contribution is 2.12. The average Bonchev–Trinajstić information content (AvgIpc) is 2.67. The van der Waals surface area contributed by atoms with Crippen molar-refractivity contribution in [1.29, 1.82) is 0 Å². The molecule has 0 aromatic carbocycles. The number of nitrogens with zero attached hydrogens (tertiary/aromatic N) is 1. The van der Waals surface area contributed by atoms with Crippen LogP contribution in [-0.4, -0.2) is 52.2 Å². The van der Waals surface area contributed by atoms with E-state index >= 15 is 0 Å². The smallest absolute Gasteiger partial charge is 0.225 e. The molecule has 6 heteroatoms. The summed E-state index contributed by atoms with van der Waals surface area (Å²) in [5.74, 6) is -0.711. The largest absolute Gasteiger partial charge is 0.392 e. The van der Waals surface area contributed by atoms with Gasteiger partial charge in [0.2, 0.25) is 11.8 Å². The van der Waals surface area contributed by atoms with Crippen molar-refractivity contribution in [3.63, 3.8) is 0 Å². The van der Waals surface area contributed by atoms with Gasteiger partial charge in [-0.25, -0.2) is 0 Å². The zero-order valence-corrected chi connectivity index (χ0v) is 9.84. The topological polar surface area (TPSA) is 104 Å². The molecule has 0 aliphatic carbocycles. The van der Waals surface area contributed by atoms with Gasteiger partial charge in [0.15, 0.2) is 0 Å². The summed E-state index contributed by atoms with van der Waals surface area (Å²) >= 11 is 0. The molecule has 17 heavy (non-hydrogen) atoms. The molecular weight excluding hydrogens is 224 g/mol. The highest BCUT2D eigenvalue weighted by Gasteiger charge is 2.22. The molecule has 1 aliphatic rings. The van der Waals surface area contributed by atoms with Crippen molar-refractivity contribution in [2.45, 2.75) is 44.3 Å². The average molecular weight is 244 g/mol. The molecule has 0 radical (unpaired) electrons. The Morgan fingerprint density at radius 3 is 2.18 bits per heavy atom. The molecule has 0 spiro atoms. The zero-order chi connectivity index (χ0) is 12.8. The summed E-state index contributed by atoms with van der Waals surface area (Å²) in [6.45, 7) is 1.49. The molecule has 1 saturated heterocycles. The first-order valence-electron chi connectivity index (χ1n) is 5.91. The van der Waals surface area contributed by atoms with Crippen LogP contribution in [-0.2, 0) is 9.59 Å². The third kappa shape index (κ3) is 5.14. The maximum Gasteiger partial charge on any atom is 0.225 e. The molecule has 4 N–H and O–H groups in total. The van der Waals surface area contributed by atoms with Gasteiger partial charge < -0.3 is 20.8 Å². The van der Waals surface area contributed by atoms with Gasteiger partial charge in [0, 0.05) is 19.5 Å². The first-order chi connectivity index (χ1) is 7.99. The first-order valence-corrected chi connectivity index (χ1v) is 5.91. The number of hydrogen-bond acceptors (Lipinski definition) is 4. The Bertz CT molecular complexity index is 277. The second-order valence-corrected chi connectivity index (χ2v) is 4.51. The van der Waals surface area contributed by atoms with E-state index < -0.39 is 18.1 Å². The maximum absolute atomic E-state index is 11.7. The predicted octanol–water partition coefficient (Wildman–Crippen LogP) is -1.01. The molecular formula is C11H20N2O4. The number of primary amides is 1. The molecule has 1 fully saturated rings. The first kappa shape index (κ1) is 13.9. The maximum atomic E-state index is 11.7.